The van der Waals surface area contributed by atoms with E-state index in [0.29, 0.717) is 36.1 Å². The maximum absolute atomic E-state index is 13.7. The first-order valence-electron chi connectivity index (χ1n) is 7.48. The third-order valence-electron chi connectivity index (χ3n) is 4.29. The lowest BCUT2D eigenvalue weighted by Gasteiger charge is -2.30. The molecular weight excluding hydrogens is 271 g/mol. The molecule has 0 bridgehead atoms. The summed E-state index contributed by atoms with van der Waals surface area (Å²) in [6, 6.07) is 4.09. The molecule has 0 aromatic heterocycles. The lowest BCUT2D eigenvalue weighted by Crippen LogP contribution is -2.29. The zero-order chi connectivity index (χ0) is 15.2. The molecule has 1 amide bonds. The second-order valence-electron chi connectivity index (χ2n) is 5.73. The van der Waals surface area contributed by atoms with E-state index in [1.807, 2.05) is 0 Å². The number of hydrogen-bond donors (Lipinski definition) is 2. The van der Waals surface area contributed by atoms with Crippen molar-refractivity contribution in [3.05, 3.63) is 35.1 Å². The molecule has 0 saturated heterocycles. The quantitative estimate of drug-likeness (QED) is 0.844. The summed E-state index contributed by atoms with van der Waals surface area (Å²) in [4.78, 5) is 11.1. The lowest BCUT2D eigenvalue weighted by molar-refractivity contribution is 0.0499. The average Bonchev–Trinajstić information content (AvgIpc) is 2.49. The van der Waals surface area contributed by atoms with E-state index < -0.39 is 5.91 Å². The molecule has 0 radical (unpaired) electrons. The molecule has 116 valence electrons. The highest BCUT2D eigenvalue weighted by Gasteiger charge is 2.24. The van der Waals surface area contributed by atoms with E-state index in [9.17, 15) is 9.18 Å². The van der Waals surface area contributed by atoms with Crippen molar-refractivity contribution in [2.45, 2.75) is 32.3 Å². The number of carbonyl (C=O) groups is 1. The number of halogens is 1. The zero-order valence-corrected chi connectivity index (χ0v) is 12.2. The van der Waals surface area contributed by atoms with Crippen molar-refractivity contribution >= 4 is 5.91 Å². The monoisotopic (exact) mass is 294 g/mol. The normalized spacial score (nSPS) is 22.2. The molecule has 1 fully saturated rings. The number of amides is 1. The largest absolute Gasteiger partial charge is 0.376 e. The van der Waals surface area contributed by atoms with Crippen molar-refractivity contribution in [1.29, 1.82) is 0 Å². The Labute approximate surface area is 124 Å². The highest BCUT2D eigenvalue weighted by atomic mass is 19.1. The standard InChI is InChI=1S/C16H23FN2O2/c17-15-6-5-11(16(19)20)7-14(15)10-21-9-13-4-2-1-3-12(13)8-18/h5-7,12-13H,1-4,8-10,18H2,(H2,19,20). The Balaban J connectivity index is 1.90. The van der Waals surface area contributed by atoms with E-state index in [2.05, 4.69) is 0 Å². The summed E-state index contributed by atoms with van der Waals surface area (Å²) in [5, 5.41) is 0. The summed E-state index contributed by atoms with van der Waals surface area (Å²) in [5.41, 5.74) is 11.7. The number of benzene rings is 1. The van der Waals surface area contributed by atoms with Gasteiger partial charge in [0.25, 0.3) is 0 Å². The Morgan fingerprint density at radius 1 is 1.29 bits per heavy atom. The summed E-state index contributed by atoms with van der Waals surface area (Å²) >= 11 is 0. The van der Waals surface area contributed by atoms with Gasteiger partial charge in [0.1, 0.15) is 5.82 Å². The number of ether oxygens (including phenoxy) is 1. The van der Waals surface area contributed by atoms with Crippen LogP contribution in [0.2, 0.25) is 0 Å². The maximum Gasteiger partial charge on any atom is 0.248 e. The number of primary amides is 1. The van der Waals surface area contributed by atoms with E-state index in [1.165, 1.54) is 31.0 Å². The third kappa shape index (κ3) is 4.25. The Morgan fingerprint density at radius 3 is 2.67 bits per heavy atom. The van der Waals surface area contributed by atoms with Crippen molar-refractivity contribution in [2.75, 3.05) is 13.2 Å². The zero-order valence-electron chi connectivity index (χ0n) is 12.2. The van der Waals surface area contributed by atoms with Gasteiger partial charge in [0, 0.05) is 11.1 Å². The second-order valence-corrected chi connectivity index (χ2v) is 5.73. The highest BCUT2D eigenvalue weighted by Crippen LogP contribution is 2.29. The van der Waals surface area contributed by atoms with Gasteiger partial charge in [0.2, 0.25) is 5.91 Å². The summed E-state index contributed by atoms with van der Waals surface area (Å²) in [6.07, 6.45) is 4.70. The maximum atomic E-state index is 13.7. The fourth-order valence-electron chi connectivity index (χ4n) is 2.97. The molecule has 1 saturated carbocycles. The van der Waals surface area contributed by atoms with Gasteiger partial charge in [-0.15, -0.1) is 0 Å². The lowest BCUT2D eigenvalue weighted by atomic mass is 9.80. The van der Waals surface area contributed by atoms with Crippen LogP contribution < -0.4 is 11.5 Å². The topological polar surface area (TPSA) is 78.3 Å². The first-order valence-corrected chi connectivity index (χ1v) is 7.48. The van der Waals surface area contributed by atoms with Crippen LogP contribution in [0.15, 0.2) is 18.2 Å². The van der Waals surface area contributed by atoms with Crippen LogP contribution in [0.3, 0.4) is 0 Å². The molecule has 5 heteroatoms. The van der Waals surface area contributed by atoms with Crippen LogP contribution in [0.25, 0.3) is 0 Å². The molecule has 4 N–H and O–H groups in total. The van der Waals surface area contributed by atoms with Crippen molar-refractivity contribution in [1.82, 2.24) is 0 Å². The van der Waals surface area contributed by atoms with Gasteiger partial charge in [0.05, 0.1) is 13.2 Å². The number of nitrogens with two attached hydrogens (primary N) is 2. The molecule has 1 aromatic carbocycles. The first kappa shape index (κ1) is 15.9. The first-order chi connectivity index (χ1) is 10.1. The molecule has 1 aliphatic carbocycles. The molecule has 1 aromatic rings. The molecule has 1 aliphatic rings. The van der Waals surface area contributed by atoms with Crippen LogP contribution in [-0.4, -0.2) is 19.1 Å². The van der Waals surface area contributed by atoms with E-state index in [0.717, 1.165) is 12.8 Å². The van der Waals surface area contributed by atoms with Gasteiger partial charge in [-0.05, 0) is 49.4 Å². The molecule has 2 rings (SSSR count). The number of hydrogen-bond acceptors (Lipinski definition) is 3. The van der Waals surface area contributed by atoms with Gasteiger partial charge in [0.15, 0.2) is 0 Å². The Hall–Kier alpha value is -1.46. The van der Waals surface area contributed by atoms with Crippen LogP contribution >= 0.6 is 0 Å². The smallest absolute Gasteiger partial charge is 0.248 e. The van der Waals surface area contributed by atoms with Crippen LogP contribution in [0.5, 0.6) is 0 Å². The number of rotatable bonds is 6. The Kier molecular flexibility index (Phi) is 5.70. The summed E-state index contributed by atoms with van der Waals surface area (Å²) in [6.45, 7) is 1.42. The minimum Gasteiger partial charge on any atom is -0.376 e. The van der Waals surface area contributed by atoms with Crippen LogP contribution in [0.4, 0.5) is 4.39 Å². The average molecular weight is 294 g/mol. The highest BCUT2D eigenvalue weighted by molar-refractivity contribution is 5.92. The van der Waals surface area contributed by atoms with Crippen LogP contribution in [-0.2, 0) is 11.3 Å². The van der Waals surface area contributed by atoms with Gasteiger partial charge >= 0.3 is 0 Å². The Morgan fingerprint density at radius 2 is 2.00 bits per heavy atom. The fraction of sp³-hybridized carbons (Fsp3) is 0.562. The predicted octanol–water partition coefficient (Wildman–Crippen LogP) is 2.21. The minimum atomic E-state index is -0.563. The van der Waals surface area contributed by atoms with Crippen molar-refractivity contribution in [3.63, 3.8) is 0 Å². The van der Waals surface area contributed by atoms with Crippen molar-refractivity contribution < 1.29 is 13.9 Å². The third-order valence-corrected chi connectivity index (χ3v) is 4.29. The van der Waals surface area contributed by atoms with Gasteiger partial charge in [-0.1, -0.05) is 12.8 Å². The van der Waals surface area contributed by atoms with Crippen molar-refractivity contribution in [3.8, 4) is 0 Å². The van der Waals surface area contributed by atoms with Gasteiger partial charge in [-0.2, -0.15) is 0 Å². The molecule has 21 heavy (non-hydrogen) atoms. The van der Waals surface area contributed by atoms with Gasteiger partial charge < -0.3 is 16.2 Å². The summed E-state index contributed by atoms with van der Waals surface area (Å²) in [7, 11) is 0. The van der Waals surface area contributed by atoms with E-state index >= 15 is 0 Å². The van der Waals surface area contributed by atoms with Crippen LogP contribution in [0, 0.1) is 17.7 Å². The molecule has 4 nitrogen and oxygen atoms in total. The summed E-state index contributed by atoms with van der Waals surface area (Å²) in [5.74, 6) is 0.0115. The van der Waals surface area contributed by atoms with E-state index in [4.69, 9.17) is 16.2 Å². The molecule has 2 atom stereocenters. The molecule has 0 aliphatic heterocycles. The fourth-order valence-corrected chi connectivity index (χ4v) is 2.97. The predicted molar refractivity (Wildman–Crippen MR) is 79.1 cm³/mol. The molecule has 2 unspecified atom stereocenters. The van der Waals surface area contributed by atoms with Gasteiger partial charge in [-0.25, -0.2) is 4.39 Å². The van der Waals surface area contributed by atoms with E-state index in [1.54, 1.807) is 0 Å². The molecule has 0 heterocycles. The SMILES string of the molecule is NCC1CCCCC1COCc1cc(C(N)=O)ccc1F. The summed E-state index contributed by atoms with van der Waals surface area (Å²) < 4.78 is 19.3. The van der Waals surface area contributed by atoms with Gasteiger partial charge in [-0.3, -0.25) is 4.79 Å². The number of carbonyl (C=O) groups excluding carboxylic acids is 1. The van der Waals surface area contributed by atoms with Crippen molar-refractivity contribution in [2.24, 2.45) is 23.3 Å². The second kappa shape index (κ2) is 7.52. The molecular formula is C16H23FN2O2. The van der Waals surface area contributed by atoms with E-state index in [-0.39, 0.29) is 12.4 Å². The van der Waals surface area contributed by atoms with Crippen LogP contribution in [0.1, 0.15) is 41.6 Å². The molecule has 0 spiro atoms. The Bertz CT molecular complexity index is 493. The minimum absolute atomic E-state index is 0.154.